The fourth-order valence-electron chi connectivity index (χ4n) is 4.07. The summed E-state index contributed by atoms with van der Waals surface area (Å²) >= 11 is 5.99. The summed E-state index contributed by atoms with van der Waals surface area (Å²) in [5.41, 5.74) is 1.83. The van der Waals surface area contributed by atoms with Gasteiger partial charge in [-0.2, -0.15) is 5.10 Å². The van der Waals surface area contributed by atoms with Crippen molar-refractivity contribution in [1.82, 2.24) is 10.3 Å². The maximum absolute atomic E-state index is 13.0. The molecule has 2 heterocycles. The topological polar surface area (TPSA) is 110 Å². The molecular weight excluding hydrogens is 534 g/mol. The molecule has 0 spiro atoms. The van der Waals surface area contributed by atoms with E-state index in [2.05, 4.69) is 10.4 Å². The van der Waals surface area contributed by atoms with E-state index in [0.717, 1.165) is 5.56 Å². The molecule has 40 heavy (non-hydrogen) atoms. The molecule has 1 aromatic heterocycles. The number of hydrazone groups is 1. The molecule has 3 aromatic carbocycles. The molecule has 2 amide bonds. The lowest BCUT2D eigenvalue weighted by atomic mass is 10.0. The van der Waals surface area contributed by atoms with Gasteiger partial charge >= 0.3 is 5.97 Å². The summed E-state index contributed by atoms with van der Waals surface area (Å²) in [6, 6.07) is 25.9. The first kappa shape index (κ1) is 26.7. The number of para-hydroxylation sites is 1. The molecule has 202 valence electrons. The first-order valence-corrected chi connectivity index (χ1v) is 12.8. The number of nitrogens with one attached hydrogen (secondary N) is 1. The SMILES string of the molecule is O=C(CNC(=O)c1ccc(Oc2ccccc2)cc1)OCC(=O)N1N=C(c2ccc(Cl)cc2)C[C@H]1c1ccco1. The van der Waals surface area contributed by atoms with Crippen molar-refractivity contribution < 1.29 is 28.3 Å². The summed E-state index contributed by atoms with van der Waals surface area (Å²) in [5.74, 6) is 0.0371. The molecule has 0 aliphatic carbocycles. The van der Waals surface area contributed by atoms with E-state index in [-0.39, 0.29) is 0 Å². The third kappa shape index (κ3) is 6.57. The first-order chi connectivity index (χ1) is 19.5. The highest BCUT2D eigenvalue weighted by molar-refractivity contribution is 6.30. The largest absolute Gasteiger partial charge is 0.467 e. The van der Waals surface area contributed by atoms with Crippen molar-refractivity contribution in [2.45, 2.75) is 12.5 Å². The van der Waals surface area contributed by atoms with Crippen LogP contribution < -0.4 is 10.1 Å². The number of hydrogen-bond donors (Lipinski definition) is 1. The Morgan fingerprint density at radius 1 is 0.925 bits per heavy atom. The van der Waals surface area contributed by atoms with Gasteiger partial charge < -0.3 is 19.2 Å². The van der Waals surface area contributed by atoms with Crippen LogP contribution in [0.4, 0.5) is 0 Å². The zero-order valence-electron chi connectivity index (χ0n) is 21.2. The minimum Gasteiger partial charge on any atom is -0.467 e. The van der Waals surface area contributed by atoms with Crippen LogP contribution in [0.5, 0.6) is 11.5 Å². The molecule has 9 nitrogen and oxygen atoms in total. The quantitative estimate of drug-likeness (QED) is 0.277. The van der Waals surface area contributed by atoms with Crippen molar-refractivity contribution >= 4 is 35.1 Å². The highest BCUT2D eigenvalue weighted by atomic mass is 35.5. The van der Waals surface area contributed by atoms with Gasteiger partial charge in [0.25, 0.3) is 11.8 Å². The predicted octanol–water partition coefficient (Wildman–Crippen LogP) is 5.38. The number of ether oxygens (including phenoxy) is 2. The van der Waals surface area contributed by atoms with Crippen molar-refractivity contribution in [2.24, 2.45) is 5.10 Å². The van der Waals surface area contributed by atoms with Crippen LogP contribution in [-0.4, -0.2) is 41.7 Å². The molecule has 1 aliphatic heterocycles. The zero-order chi connectivity index (χ0) is 27.9. The van der Waals surface area contributed by atoms with Gasteiger partial charge in [0.05, 0.1) is 12.0 Å². The van der Waals surface area contributed by atoms with Crippen molar-refractivity contribution in [2.75, 3.05) is 13.2 Å². The molecular formula is C30H24ClN3O6. The number of hydrogen-bond acceptors (Lipinski definition) is 7. The number of nitrogens with zero attached hydrogens (tertiary/aromatic N) is 2. The fraction of sp³-hybridized carbons (Fsp3) is 0.133. The standard InChI is InChI=1S/C30H24ClN3O6/c31-22-12-8-20(9-13-22)25-17-26(27-7-4-16-38-27)34(33-25)28(35)19-39-29(36)18-32-30(37)21-10-14-24(15-11-21)40-23-5-2-1-3-6-23/h1-16,26H,17-19H2,(H,32,37)/t26-/m0/s1. The lowest BCUT2D eigenvalue weighted by Crippen LogP contribution is -2.34. The van der Waals surface area contributed by atoms with Gasteiger partial charge in [-0.3, -0.25) is 14.4 Å². The van der Waals surface area contributed by atoms with E-state index in [9.17, 15) is 14.4 Å². The van der Waals surface area contributed by atoms with Crippen LogP contribution in [0.3, 0.4) is 0 Å². The van der Waals surface area contributed by atoms with E-state index in [4.69, 9.17) is 25.5 Å². The van der Waals surface area contributed by atoms with Gasteiger partial charge in [-0.25, -0.2) is 5.01 Å². The Balaban J connectivity index is 1.14. The Morgan fingerprint density at radius 3 is 2.35 bits per heavy atom. The van der Waals surface area contributed by atoms with Crippen LogP contribution in [0.15, 0.2) is 107 Å². The van der Waals surface area contributed by atoms with E-state index >= 15 is 0 Å². The second kappa shape index (κ2) is 12.3. The number of esters is 1. The second-order valence-electron chi connectivity index (χ2n) is 8.81. The van der Waals surface area contributed by atoms with Crippen molar-refractivity contribution in [3.63, 3.8) is 0 Å². The summed E-state index contributed by atoms with van der Waals surface area (Å²) in [6.45, 7) is -0.954. The Kier molecular flexibility index (Phi) is 8.22. The first-order valence-electron chi connectivity index (χ1n) is 12.4. The van der Waals surface area contributed by atoms with Crippen molar-refractivity contribution in [1.29, 1.82) is 0 Å². The summed E-state index contributed by atoms with van der Waals surface area (Å²) in [4.78, 5) is 37.7. The molecule has 0 saturated heterocycles. The van der Waals surface area contributed by atoms with E-state index in [1.54, 1.807) is 48.5 Å². The van der Waals surface area contributed by atoms with Crippen LogP contribution in [0.1, 0.15) is 34.1 Å². The number of benzene rings is 3. The summed E-state index contributed by atoms with van der Waals surface area (Å²) < 4.78 is 16.4. The van der Waals surface area contributed by atoms with Crippen LogP contribution in [-0.2, 0) is 14.3 Å². The number of carbonyl (C=O) groups is 3. The van der Waals surface area contributed by atoms with Gasteiger partial charge in [0.1, 0.15) is 29.8 Å². The third-order valence-corrected chi connectivity index (χ3v) is 6.31. The highest BCUT2D eigenvalue weighted by Gasteiger charge is 2.35. The predicted molar refractivity (Wildman–Crippen MR) is 147 cm³/mol. The maximum atomic E-state index is 13.0. The van der Waals surface area contributed by atoms with E-state index in [1.165, 1.54) is 11.3 Å². The minimum absolute atomic E-state index is 0.340. The van der Waals surface area contributed by atoms with E-state index < -0.39 is 37.0 Å². The van der Waals surface area contributed by atoms with Gasteiger partial charge in [0, 0.05) is 17.0 Å². The number of carbonyl (C=O) groups excluding carboxylic acids is 3. The molecule has 0 unspecified atom stereocenters. The lowest BCUT2D eigenvalue weighted by Gasteiger charge is -2.19. The van der Waals surface area contributed by atoms with Gasteiger partial charge in [0.2, 0.25) is 0 Å². The second-order valence-corrected chi connectivity index (χ2v) is 9.25. The zero-order valence-corrected chi connectivity index (χ0v) is 21.9. The molecule has 1 aliphatic rings. The molecule has 5 rings (SSSR count). The van der Waals surface area contributed by atoms with Crippen molar-refractivity contribution in [3.05, 3.63) is 119 Å². The number of furan rings is 1. The van der Waals surface area contributed by atoms with Crippen molar-refractivity contribution in [3.8, 4) is 11.5 Å². The summed E-state index contributed by atoms with van der Waals surface area (Å²) in [7, 11) is 0. The monoisotopic (exact) mass is 557 g/mol. The summed E-state index contributed by atoms with van der Waals surface area (Å²) in [5, 5.41) is 8.82. The third-order valence-electron chi connectivity index (χ3n) is 6.06. The van der Waals surface area contributed by atoms with Gasteiger partial charge in [-0.1, -0.05) is 41.9 Å². The molecule has 0 fully saturated rings. The molecule has 10 heteroatoms. The van der Waals surface area contributed by atoms with Crippen LogP contribution in [0, 0.1) is 0 Å². The van der Waals surface area contributed by atoms with E-state index in [0.29, 0.717) is 40.0 Å². The lowest BCUT2D eigenvalue weighted by molar-refractivity contribution is -0.152. The van der Waals surface area contributed by atoms with Crippen LogP contribution in [0.2, 0.25) is 5.02 Å². The molecule has 1 atom stereocenters. The molecule has 0 saturated carbocycles. The Labute approximate surface area is 235 Å². The Morgan fingerprint density at radius 2 is 1.65 bits per heavy atom. The number of rotatable bonds is 9. The number of halogens is 1. The molecule has 4 aromatic rings. The van der Waals surface area contributed by atoms with Gasteiger partial charge in [-0.15, -0.1) is 0 Å². The van der Waals surface area contributed by atoms with Crippen LogP contribution >= 0.6 is 11.6 Å². The molecule has 0 bridgehead atoms. The number of amides is 2. The van der Waals surface area contributed by atoms with E-state index in [1.807, 2.05) is 42.5 Å². The summed E-state index contributed by atoms with van der Waals surface area (Å²) in [6.07, 6.45) is 1.94. The molecule has 1 N–H and O–H groups in total. The molecule has 0 radical (unpaired) electrons. The minimum atomic E-state index is -0.763. The fourth-order valence-corrected chi connectivity index (χ4v) is 4.20. The average Bonchev–Trinajstić information content (AvgIpc) is 3.67. The van der Waals surface area contributed by atoms with Gasteiger partial charge in [0.15, 0.2) is 6.61 Å². The Bertz CT molecular complexity index is 1500. The maximum Gasteiger partial charge on any atom is 0.325 e. The van der Waals surface area contributed by atoms with Gasteiger partial charge in [-0.05, 0) is 66.2 Å². The highest BCUT2D eigenvalue weighted by Crippen LogP contribution is 2.33. The Hall–Kier alpha value is -4.89. The average molecular weight is 558 g/mol. The van der Waals surface area contributed by atoms with Crippen LogP contribution in [0.25, 0.3) is 0 Å². The normalized spacial score (nSPS) is 14.4. The smallest absolute Gasteiger partial charge is 0.325 e.